The predicted octanol–water partition coefficient (Wildman–Crippen LogP) is 0.870. The maximum Gasteiger partial charge on any atom is 0.137 e. The number of nitrogens with one attached hydrogen (secondary N) is 1. The highest BCUT2D eigenvalue weighted by Crippen LogP contribution is 2.22. The van der Waals surface area contributed by atoms with E-state index in [0.717, 1.165) is 24.4 Å². The predicted molar refractivity (Wildman–Crippen MR) is 63.3 cm³/mol. The van der Waals surface area contributed by atoms with Crippen LogP contribution in [-0.4, -0.2) is 22.5 Å². The molecule has 16 heavy (non-hydrogen) atoms. The number of hydrogen-bond acceptors (Lipinski definition) is 3. The summed E-state index contributed by atoms with van der Waals surface area (Å²) in [6.07, 6.45) is 3.32. The molecule has 3 N–H and O–H groups in total. The van der Waals surface area contributed by atoms with Gasteiger partial charge in [0.1, 0.15) is 5.65 Å². The van der Waals surface area contributed by atoms with Gasteiger partial charge in [-0.05, 0) is 25.1 Å². The number of hydrogen-bond donors (Lipinski definition) is 2. The van der Waals surface area contributed by atoms with E-state index in [1.807, 2.05) is 18.2 Å². The lowest BCUT2D eigenvalue weighted by atomic mass is 10.1. The van der Waals surface area contributed by atoms with Crippen LogP contribution in [0.5, 0.6) is 0 Å². The van der Waals surface area contributed by atoms with Crippen LogP contribution in [0.4, 0.5) is 0 Å². The van der Waals surface area contributed by atoms with Gasteiger partial charge in [0, 0.05) is 30.9 Å². The molecular weight excluding hydrogens is 200 g/mol. The standard InChI is InChI=1S/C12H16N4/c13-6-10-2-1-3-12-15-11(8-16(10)12)9-4-5-14-7-9/h1-3,8-9,14H,4-7,13H2. The van der Waals surface area contributed by atoms with Crippen molar-refractivity contribution in [3.05, 3.63) is 35.8 Å². The largest absolute Gasteiger partial charge is 0.325 e. The van der Waals surface area contributed by atoms with E-state index in [4.69, 9.17) is 5.73 Å². The Morgan fingerprint density at radius 3 is 3.19 bits per heavy atom. The molecule has 0 bridgehead atoms. The van der Waals surface area contributed by atoms with E-state index in [2.05, 4.69) is 20.9 Å². The average Bonchev–Trinajstić information content (AvgIpc) is 2.96. The summed E-state index contributed by atoms with van der Waals surface area (Å²) in [6, 6.07) is 6.09. The Labute approximate surface area is 94.5 Å². The minimum absolute atomic E-state index is 0.552. The lowest BCUT2D eigenvalue weighted by Crippen LogP contribution is -2.08. The quantitative estimate of drug-likeness (QED) is 0.783. The summed E-state index contributed by atoms with van der Waals surface area (Å²) in [4.78, 5) is 4.67. The van der Waals surface area contributed by atoms with Crippen molar-refractivity contribution in [2.24, 2.45) is 5.73 Å². The number of fused-ring (bicyclic) bond motifs is 1. The molecule has 2 aromatic heterocycles. The minimum atomic E-state index is 0.552. The number of nitrogens with two attached hydrogens (primary N) is 1. The fraction of sp³-hybridized carbons (Fsp3) is 0.417. The molecule has 2 aromatic rings. The maximum atomic E-state index is 5.72. The van der Waals surface area contributed by atoms with Crippen molar-refractivity contribution in [1.29, 1.82) is 0 Å². The number of rotatable bonds is 2. The van der Waals surface area contributed by atoms with Gasteiger partial charge in [-0.15, -0.1) is 0 Å². The van der Waals surface area contributed by atoms with Crippen molar-refractivity contribution in [2.45, 2.75) is 18.9 Å². The van der Waals surface area contributed by atoms with E-state index in [0.29, 0.717) is 12.5 Å². The van der Waals surface area contributed by atoms with Crippen molar-refractivity contribution in [3.8, 4) is 0 Å². The van der Waals surface area contributed by atoms with Crippen molar-refractivity contribution in [2.75, 3.05) is 13.1 Å². The van der Waals surface area contributed by atoms with Gasteiger partial charge in [0.2, 0.25) is 0 Å². The van der Waals surface area contributed by atoms with Crippen LogP contribution in [0.1, 0.15) is 23.7 Å². The molecule has 1 aliphatic rings. The van der Waals surface area contributed by atoms with E-state index < -0.39 is 0 Å². The molecule has 0 saturated carbocycles. The van der Waals surface area contributed by atoms with Crippen LogP contribution in [-0.2, 0) is 6.54 Å². The fourth-order valence-corrected chi connectivity index (χ4v) is 2.36. The molecule has 1 saturated heterocycles. The monoisotopic (exact) mass is 216 g/mol. The summed E-state index contributed by atoms with van der Waals surface area (Å²) >= 11 is 0. The zero-order valence-corrected chi connectivity index (χ0v) is 9.19. The van der Waals surface area contributed by atoms with E-state index >= 15 is 0 Å². The minimum Gasteiger partial charge on any atom is -0.325 e. The first-order valence-electron chi connectivity index (χ1n) is 5.76. The third kappa shape index (κ3) is 1.50. The second-order valence-electron chi connectivity index (χ2n) is 4.30. The van der Waals surface area contributed by atoms with Crippen molar-refractivity contribution < 1.29 is 0 Å². The fourth-order valence-electron chi connectivity index (χ4n) is 2.36. The Bertz CT molecular complexity index is 497. The molecule has 0 aliphatic carbocycles. The molecule has 1 fully saturated rings. The number of aromatic nitrogens is 2. The Kier molecular flexibility index (Phi) is 2.38. The molecule has 4 nitrogen and oxygen atoms in total. The summed E-state index contributed by atoms with van der Waals surface area (Å²) in [5, 5.41) is 3.37. The molecule has 1 atom stereocenters. The van der Waals surface area contributed by atoms with Crippen molar-refractivity contribution in [3.63, 3.8) is 0 Å². The van der Waals surface area contributed by atoms with E-state index in [-0.39, 0.29) is 0 Å². The smallest absolute Gasteiger partial charge is 0.137 e. The van der Waals surface area contributed by atoms with Crippen molar-refractivity contribution >= 4 is 5.65 Å². The lowest BCUT2D eigenvalue weighted by Gasteiger charge is -2.02. The SMILES string of the molecule is NCc1cccc2nc(C3CCNC3)cn12. The number of nitrogens with zero attached hydrogens (tertiary/aromatic N) is 2. The summed E-state index contributed by atoms with van der Waals surface area (Å²) in [6.45, 7) is 2.69. The van der Waals surface area contributed by atoms with Crippen LogP contribution in [0.25, 0.3) is 5.65 Å². The second-order valence-corrected chi connectivity index (χ2v) is 4.30. The average molecular weight is 216 g/mol. The summed E-state index contributed by atoms with van der Waals surface area (Å²) < 4.78 is 2.10. The van der Waals surface area contributed by atoms with Crippen LogP contribution < -0.4 is 11.1 Å². The molecule has 1 unspecified atom stereocenters. The maximum absolute atomic E-state index is 5.72. The Balaban J connectivity index is 2.07. The van der Waals surface area contributed by atoms with Gasteiger partial charge in [-0.1, -0.05) is 6.07 Å². The molecule has 0 spiro atoms. The molecule has 4 heteroatoms. The highest BCUT2D eigenvalue weighted by molar-refractivity contribution is 5.42. The molecular formula is C12H16N4. The van der Waals surface area contributed by atoms with Gasteiger partial charge in [0.25, 0.3) is 0 Å². The number of pyridine rings is 1. The summed E-state index contributed by atoms with van der Waals surface area (Å²) in [5.74, 6) is 0.561. The normalized spacial score (nSPS) is 20.7. The molecule has 3 heterocycles. The highest BCUT2D eigenvalue weighted by Gasteiger charge is 2.19. The van der Waals surface area contributed by atoms with Crippen LogP contribution in [0.3, 0.4) is 0 Å². The van der Waals surface area contributed by atoms with E-state index in [1.165, 1.54) is 12.1 Å². The van der Waals surface area contributed by atoms with Crippen LogP contribution >= 0.6 is 0 Å². The Morgan fingerprint density at radius 2 is 2.44 bits per heavy atom. The zero-order chi connectivity index (χ0) is 11.0. The van der Waals surface area contributed by atoms with E-state index in [1.54, 1.807) is 0 Å². The highest BCUT2D eigenvalue weighted by atomic mass is 15.0. The molecule has 1 aliphatic heterocycles. The first-order chi connectivity index (χ1) is 7.88. The number of imidazole rings is 1. The summed E-state index contributed by atoms with van der Waals surface area (Å²) in [7, 11) is 0. The van der Waals surface area contributed by atoms with Gasteiger partial charge in [0.05, 0.1) is 5.69 Å². The molecule has 84 valence electrons. The van der Waals surface area contributed by atoms with Gasteiger partial charge in [-0.25, -0.2) is 4.98 Å². The zero-order valence-electron chi connectivity index (χ0n) is 9.19. The molecule has 3 rings (SSSR count). The first-order valence-corrected chi connectivity index (χ1v) is 5.76. The lowest BCUT2D eigenvalue weighted by molar-refractivity contribution is 0.741. The van der Waals surface area contributed by atoms with Crippen LogP contribution in [0.2, 0.25) is 0 Å². The Morgan fingerprint density at radius 1 is 1.50 bits per heavy atom. The molecule has 0 amide bonds. The van der Waals surface area contributed by atoms with E-state index in [9.17, 15) is 0 Å². The van der Waals surface area contributed by atoms with Gasteiger partial charge < -0.3 is 15.5 Å². The van der Waals surface area contributed by atoms with Gasteiger partial charge in [0.15, 0.2) is 0 Å². The summed E-state index contributed by atoms with van der Waals surface area (Å²) in [5.41, 5.74) is 9.02. The van der Waals surface area contributed by atoms with Gasteiger partial charge in [-0.3, -0.25) is 0 Å². The second kappa shape index (κ2) is 3.88. The first kappa shape index (κ1) is 9.81. The van der Waals surface area contributed by atoms with Gasteiger partial charge in [-0.2, -0.15) is 0 Å². The van der Waals surface area contributed by atoms with Crippen LogP contribution in [0, 0.1) is 0 Å². The Hall–Kier alpha value is -1.39. The topological polar surface area (TPSA) is 55.3 Å². The third-order valence-electron chi connectivity index (χ3n) is 3.28. The van der Waals surface area contributed by atoms with Crippen LogP contribution in [0.15, 0.2) is 24.4 Å². The van der Waals surface area contributed by atoms with Gasteiger partial charge >= 0.3 is 0 Å². The molecule has 0 aromatic carbocycles. The third-order valence-corrected chi connectivity index (χ3v) is 3.28. The molecule has 0 radical (unpaired) electrons. The van der Waals surface area contributed by atoms with Crippen molar-refractivity contribution in [1.82, 2.24) is 14.7 Å².